The molecular weight excluding hydrogens is 467 g/mol. The van der Waals surface area contributed by atoms with Gasteiger partial charge in [0.15, 0.2) is 0 Å². The first-order chi connectivity index (χ1) is 15.4. The fourth-order valence-electron chi connectivity index (χ4n) is 3.95. The predicted octanol–water partition coefficient (Wildman–Crippen LogP) is 4.99. The van der Waals surface area contributed by atoms with Crippen LogP contribution >= 0.6 is 23.2 Å². The largest absolute Gasteiger partial charge is 0.352 e. The van der Waals surface area contributed by atoms with Crippen molar-refractivity contribution >= 4 is 39.1 Å². The highest BCUT2D eigenvalue weighted by Gasteiger charge is 2.37. The molecule has 0 saturated carbocycles. The van der Waals surface area contributed by atoms with Crippen LogP contribution in [-0.4, -0.2) is 25.2 Å². The highest BCUT2D eigenvalue weighted by molar-refractivity contribution is 7.89. The van der Waals surface area contributed by atoms with Gasteiger partial charge in [0, 0.05) is 29.6 Å². The maximum atomic E-state index is 13.5. The zero-order valence-electron chi connectivity index (χ0n) is 17.2. The van der Waals surface area contributed by atoms with E-state index in [1.807, 2.05) is 42.5 Å². The Labute approximate surface area is 198 Å². The second-order valence-corrected chi connectivity index (χ2v) is 10.3. The van der Waals surface area contributed by atoms with E-state index in [1.54, 1.807) is 18.2 Å². The first-order valence-corrected chi connectivity index (χ1v) is 12.4. The molecular formula is C24H22Cl2N2O3S. The first kappa shape index (κ1) is 22.8. The summed E-state index contributed by atoms with van der Waals surface area (Å²) in [5, 5.41) is 3.91. The van der Waals surface area contributed by atoms with Crippen molar-refractivity contribution in [3.63, 3.8) is 0 Å². The molecule has 1 amide bonds. The van der Waals surface area contributed by atoms with Crippen LogP contribution in [0.3, 0.4) is 0 Å². The summed E-state index contributed by atoms with van der Waals surface area (Å²) in [5.41, 5.74) is 2.71. The molecule has 1 atom stereocenters. The molecule has 166 valence electrons. The molecule has 0 saturated heterocycles. The number of halogens is 2. The van der Waals surface area contributed by atoms with Crippen molar-refractivity contribution in [2.24, 2.45) is 0 Å². The maximum absolute atomic E-state index is 13.5. The Kier molecular flexibility index (Phi) is 6.86. The Hall–Kier alpha value is -2.38. The summed E-state index contributed by atoms with van der Waals surface area (Å²) in [4.78, 5) is 13.0. The van der Waals surface area contributed by atoms with Crippen LogP contribution in [0.2, 0.25) is 10.0 Å². The van der Waals surface area contributed by atoms with E-state index in [0.717, 1.165) is 16.7 Å². The van der Waals surface area contributed by atoms with Gasteiger partial charge in [-0.05, 0) is 53.4 Å². The summed E-state index contributed by atoms with van der Waals surface area (Å²) in [6.45, 7) is 0.571. The van der Waals surface area contributed by atoms with Crippen molar-refractivity contribution in [3.8, 4) is 0 Å². The molecule has 3 aromatic rings. The molecule has 0 aromatic heterocycles. The SMILES string of the molecule is O=C(C[C@H]1c2ccccc2CCN1S(=O)(=O)c1ccc(Cl)cc1)NCc1ccccc1Cl. The van der Waals surface area contributed by atoms with Crippen LogP contribution in [0.15, 0.2) is 77.7 Å². The Balaban J connectivity index is 1.60. The molecule has 5 nitrogen and oxygen atoms in total. The van der Waals surface area contributed by atoms with E-state index in [4.69, 9.17) is 23.2 Å². The van der Waals surface area contributed by atoms with Gasteiger partial charge in [-0.15, -0.1) is 0 Å². The topological polar surface area (TPSA) is 66.5 Å². The van der Waals surface area contributed by atoms with Crippen LogP contribution < -0.4 is 5.32 Å². The molecule has 1 aliphatic heterocycles. The number of rotatable bonds is 6. The number of benzene rings is 3. The number of carbonyl (C=O) groups excluding carboxylic acids is 1. The van der Waals surface area contributed by atoms with Crippen LogP contribution in [-0.2, 0) is 27.8 Å². The predicted molar refractivity (Wildman–Crippen MR) is 126 cm³/mol. The highest BCUT2D eigenvalue weighted by atomic mass is 35.5. The van der Waals surface area contributed by atoms with Gasteiger partial charge in [0.25, 0.3) is 0 Å². The van der Waals surface area contributed by atoms with Gasteiger partial charge < -0.3 is 5.32 Å². The lowest BCUT2D eigenvalue weighted by Crippen LogP contribution is -2.42. The minimum absolute atomic E-state index is 0.00822. The van der Waals surface area contributed by atoms with Crippen molar-refractivity contribution in [1.29, 1.82) is 0 Å². The van der Waals surface area contributed by atoms with Gasteiger partial charge in [-0.2, -0.15) is 4.31 Å². The van der Waals surface area contributed by atoms with Gasteiger partial charge in [-0.25, -0.2) is 8.42 Å². The van der Waals surface area contributed by atoms with Crippen LogP contribution in [0.5, 0.6) is 0 Å². The van der Waals surface area contributed by atoms with Crippen molar-refractivity contribution in [3.05, 3.63) is 99.5 Å². The molecule has 0 fully saturated rings. The van der Waals surface area contributed by atoms with Gasteiger partial charge in [0.05, 0.1) is 10.9 Å². The molecule has 4 rings (SSSR count). The van der Waals surface area contributed by atoms with E-state index >= 15 is 0 Å². The Morgan fingerprint density at radius 3 is 2.41 bits per heavy atom. The van der Waals surface area contributed by atoms with E-state index < -0.39 is 16.1 Å². The number of hydrogen-bond donors (Lipinski definition) is 1. The Morgan fingerprint density at radius 2 is 1.66 bits per heavy atom. The number of carbonyl (C=O) groups is 1. The molecule has 1 heterocycles. The van der Waals surface area contributed by atoms with E-state index in [9.17, 15) is 13.2 Å². The summed E-state index contributed by atoms with van der Waals surface area (Å²) in [7, 11) is -3.82. The third-order valence-electron chi connectivity index (χ3n) is 5.60. The summed E-state index contributed by atoms with van der Waals surface area (Å²) < 4.78 is 28.3. The van der Waals surface area contributed by atoms with Gasteiger partial charge >= 0.3 is 0 Å². The number of hydrogen-bond acceptors (Lipinski definition) is 3. The lowest BCUT2D eigenvalue weighted by molar-refractivity contribution is -0.122. The van der Waals surface area contributed by atoms with Crippen LogP contribution in [0.4, 0.5) is 0 Å². The van der Waals surface area contributed by atoms with E-state index in [1.165, 1.54) is 16.4 Å². The number of nitrogens with one attached hydrogen (secondary N) is 1. The molecule has 1 N–H and O–H groups in total. The van der Waals surface area contributed by atoms with Crippen LogP contribution in [0.1, 0.15) is 29.2 Å². The fourth-order valence-corrected chi connectivity index (χ4v) is 5.89. The number of nitrogens with zero attached hydrogens (tertiary/aromatic N) is 1. The lowest BCUT2D eigenvalue weighted by atomic mass is 9.92. The maximum Gasteiger partial charge on any atom is 0.243 e. The zero-order valence-corrected chi connectivity index (χ0v) is 19.5. The minimum atomic E-state index is -3.82. The molecule has 0 aliphatic carbocycles. The summed E-state index contributed by atoms with van der Waals surface area (Å²) in [5.74, 6) is -0.247. The lowest BCUT2D eigenvalue weighted by Gasteiger charge is -2.36. The van der Waals surface area contributed by atoms with Gasteiger partial charge in [-0.1, -0.05) is 65.7 Å². The van der Waals surface area contributed by atoms with Gasteiger partial charge in [0.1, 0.15) is 0 Å². The molecule has 0 radical (unpaired) electrons. The molecule has 8 heteroatoms. The monoisotopic (exact) mass is 488 g/mol. The van der Waals surface area contributed by atoms with E-state index in [-0.39, 0.29) is 23.8 Å². The number of sulfonamides is 1. The smallest absolute Gasteiger partial charge is 0.243 e. The van der Waals surface area contributed by atoms with Crippen molar-refractivity contribution in [1.82, 2.24) is 9.62 Å². The Bertz CT molecular complexity index is 1230. The Morgan fingerprint density at radius 1 is 0.969 bits per heavy atom. The number of fused-ring (bicyclic) bond motifs is 1. The third kappa shape index (κ3) is 4.84. The molecule has 0 bridgehead atoms. The minimum Gasteiger partial charge on any atom is -0.352 e. The second kappa shape index (κ2) is 9.63. The van der Waals surface area contributed by atoms with E-state index in [2.05, 4.69) is 5.32 Å². The molecule has 0 unspecified atom stereocenters. The molecule has 3 aromatic carbocycles. The molecule has 0 spiro atoms. The first-order valence-electron chi connectivity index (χ1n) is 10.2. The molecule has 32 heavy (non-hydrogen) atoms. The summed E-state index contributed by atoms with van der Waals surface area (Å²) in [6.07, 6.45) is 0.592. The van der Waals surface area contributed by atoms with Gasteiger partial charge in [0.2, 0.25) is 15.9 Å². The second-order valence-electron chi connectivity index (χ2n) is 7.61. The fraction of sp³-hybridized carbons (Fsp3) is 0.208. The van der Waals surface area contributed by atoms with Crippen molar-refractivity contribution < 1.29 is 13.2 Å². The number of amides is 1. The average molecular weight is 489 g/mol. The zero-order chi connectivity index (χ0) is 22.7. The van der Waals surface area contributed by atoms with Gasteiger partial charge in [-0.3, -0.25) is 4.79 Å². The standard InChI is InChI=1S/C24H22Cl2N2O3S/c25-19-9-11-20(12-10-19)32(30,31)28-14-13-17-5-1-3-7-21(17)23(28)15-24(29)27-16-18-6-2-4-8-22(18)26/h1-12,23H,13-16H2,(H,27,29)/t23-/m0/s1. The summed E-state index contributed by atoms with van der Waals surface area (Å²) in [6, 6.07) is 20.4. The average Bonchev–Trinajstić information content (AvgIpc) is 2.79. The van der Waals surface area contributed by atoms with E-state index in [0.29, 0.717) is 23.0 Å². The summed E-state index contributed by atoms with van der Waals surface area (Å²) >= 11 is 12.1. The van der Waals surface area contributed by atoms with Crippen molar-refractivity contribution in [2.75, 3.05) is 6.54 Å². The highest BCUT2D eigenvalue weighted by Crippen LogP contribution is 2.36. The van der Waals surface area contributed by atoms with Crippen LogP contribution in [0.25, 0.3) is 0 Å². The third-order valence-corrected chi connectivity index (χ3v) is 8.14. The van der Waals surface area contributed by atoms with Crippen LogP contribution in [0, 0.1) is 0 Å². The molecule has 1 aliphatic rings. The quantitative estimate of drug-likeness (QED) is 0.531. The van der Waals surface area contributed by atoms with Crippen molar-refractivity contribution in [2.45, 2.75) is 30.3 Å². The normalized spacial score (nSPS) is 16.4.